The third kappa shape index (κ3) is 3.42. The number of aromatic nitrogens is 3. The van der Waals surface area contributed by atoms with Gasteiger partial charge in [0.15, 0.2) is 23.0 Å². The van der Waals surface area contributed by atoms with Crippen LogP contribution in [0.3, 0.4) is 0 Å². The van der Waals surface area contributed by atoms with Gasteiger partial charge >= 0.3 is 0 Å². The Morgan fingerprint density at radius 3 is 2.60 bits per heavy atom. The number of rotatable bonds is 3. The molecule has 5 rings (SSSR count). The van der Waals surface area contributed by atoms with Gasteiger partial charge in [-0.2, -0.15) is 4.52 Å². The smallest absolute Gasteiger partial charge is 0.277 e. The molecule has 0 spiro atoms. The predicted molar refractivity (Wildman–Crippen MR) is 112 cm³/mol. The monoisotopic (exact) mass is 408 g/mol. The van der Waals surface area contributed by atoms with Gasteiger partial charge in [0.05, 0.1) is 0 Å². The largest absolute Gasteiger partial charge is 0.490 e. The van der Waals surface area contributed by atoms with E-state index >= 15 is 0 Å². The summed E-state index contributed by atoms with van der Waals surface area (Å²) in [6.07, 6.45) is 3.46. The van der Waals surface area contributed by atoms with E-state index in [1.165, 1.54) is 4.52 Å². The molecular weight excluding hydrogens is 384 g/mol. The van der Waals surface area contributed by atoms with Gasteiger partial charge in [-0.25, -0.2) is 4.98 Å². The van der Waals surface area contributed by atoms with Crippen LogP contribution < -0.4 is 24.7 Å². The Morgan fingerprint density at radius 1 is 1.03 bits per heavy atom. The van der Waals surface area contributed by atoms with Gasteiger partial charge in [-0.15, -0.1) is 5.10 Å². The lowest BCUT2D eigenvalue weighted by Crippen LogP contribution is -2.39. The molecular formula is C22H24N4O4. The lowest BCUT2D eigenvalue weighted by Gasteiger charge is -2.33. The van der Waals surface area contributed by atoms with Crippen molar-refractivity contribution in [3.05, 3.63) is 51.9 Å². The maximum absolute atomic E-state index is 12.4. The van der Waals surface area contributed by atoms with Crippen LogP contribution in [-0.4, -0.2) is 47.0 Å². The minimum atomic E-state index is -0.127. The van der Waals surface area contributed by atoms with Crippen LogP contribution in [0.25, 0.3) is 5.65 Å². The van der Waals surface area contributed by atoms with Gasteiger partial charge in [-0.1, -0.05) is 0 Å². The van der Waals surface area contributed by atoms with E-state index < -0.39 is 0 Å². The molecule has 0 aliphatic carbocycles. The number of benzene rings is 1. The summed E-state index contributed by atoms with van der Waals surface area (Å²) in [6.45, 7) is 6.52. The SMILES string of the molecule is Cc1cc2ncc(C)c(=O)n2nc1N1CCC(Oc2ccc3c(c2)OCCO3)CC1. The molecule has 156 valence electrons. The quantitative estimate of drug-likeness (QED) is 0.659. The molecule has 0 N–H and O–H groups in total. The first kappa shape index (κ1) is 18.7. The number of hydrogen-bond acceptors (Lipinski definition) is 7. The van der Waals surface area contributed by atoms with E-state index in [9.17, 15) is 4.79 Å². The van der Waals surface area contributed by atoms with Crippen molar-refractivity contribution in [2.24, 2.45) is 0 Å². The van der Waals surface area contributed by atoms with Crippen LogP contribution in [0, 0.1) is 13.8 Å². The molecule has 0 bridgehead atoms. The Hall–Kier alpha value is -3.29. The van der Waals surface area contributed by atoms with E-state index in [1.54, 1.807) is 13.1 Å². The Kier molecular flexibility index (Phi) is 4.69. The van der Waals surface area contributed by atoms with Crippen LogP contribution in [-0.2, 0) is 0 Å². The molecule has 2 aromatic heterocycles. The molecule has 2 aliphatic heterocycles. The van der Waals surface area contributed by atoms with Crippen molar-refractivity contribution < 1.29 is 14.2 Å². The first-order chi connectivity index (χ1) is 14.6. The number of ether oxygens (including phenoxy) is 3. The van der Waals surface area contributed by atoms with E-state index in [1.807, 2.05) is 31.2 Å². The highest BCUT2D eigenvalue weighted by molar-refractivity contribution is 5.53. The van der Waals surface area contributed by atoms with E-state index in [-0.39, 0.29) is 11.7 Å². The summed E-state index contributed by atoms with van der Waals surface area (Å²) in [5.74, 6) is 3.13. The Labute approximate surface area is 174 Å². The summed E-state index contributed by atoms with van der Waals surface area (Å²) in [5.41, 5.74) is 2.04. The highest BCUT2D eigenvalue weighted by Gasteiger charge is 2.24. The van der Waals surface area contributed by atoms with Gasteiger partial charge in [0.25, 0.3) is 5.56 Å². The number of piperidine rings is 1. The zero-order chi connectivity index (χ0) is 20.7. The third-order valence-corrected chi connectivity index (χ3v) is 5.59. The van der Waals surface area contributed by atoms with Crippen LogP contribution in [0.15, 0.2) is 35.3 Å². The molecule has 0 atom stereocenters. The van der Waals surface area contributed by atoms with E-state index in [0.717, 1.165) is 54.6 Å². The fourth-order valence-electron chi connectivity index (χ4n) is 3.96. The number of fused-ring (bicyclic) bond motifs is 2. The third-order valence-electron chi connectivity index (χ3n) is 5.59. The predicted octanol–water partition coefficient (Wildman–Crippen LogP) is 2.53. The molecule has 1 fully saturated rings. The molecule has 3 aromatic rings. The number of hydrogen-bond donors (Lipinski definition) is 0. The van der Waals surface area contributed by atoms with Gasteiger partial charge < -0.3 is 19.1 Å². The van der Waals surface area contributed by atoms with E-state index in [2.05, 4.69) is 15.0 Å². The molecule has 1 saturated heterocycles. The Bertz CT molecular complexity index is 1150. The van der Waals surface area contributed by atoms with Crippen molar-refractivity contribution in [1.29, 1.82) is 0 Å². The Morgan fingerprint density at radius 2 is 1.80 bits per heavy atom. The minimum Gasteiger partial charge on any atom is -0.490 e. The standard InChI is InChI=1S/C22H24N4O4/c1-14-11-20-23-13-15(2)22(27)26(20)24-21(14)25-7-5-16(6-8-25)30-17-3-4-18-19(12-17)29-10-9-28-18/h3-4,11-13,16H,5-10H2,1-2H3. The second-order valence-corrected chi connectivity index (χ2v) is 7.78. The van der Waals surface area contributed by atoms with Gasteiger partial charge in [0.2, 0.25) is 0 Å². The summed E-state index contributed by atoms with van der Waals surface area (Å²) in [7, 11) is 0. The Balaban J connectivity index is 1.29. The fourth-order valence-corrected chi connectivity index (χ4v) is 3.96. The minimum absolute atomic E-state index is 0.121. The van der Waals surface area contributed by atoms with Crippen LogP contribution in [0.2, 0.25) is 0 Å². The zero-order valence-electron chi connectivity index (χ0n) is 17.1. The molecule has 4 heterocycles. The first-order valence-electron chi connectivity index (χ1n) is 10.3. The number of nitrogens with zero attached hydrogens (tertiary/aromatic N) is 4. The number of anilines is 1. The maximum Gasteiger partial charge on any atom is 0.277 e. The summed E-state index contributed by atoms with van der Waals surface area (Å²) in [6, 6.07) is 7.64. The molecule has 2 aliphatic rings. The van der Waals surface area contributed by atoms with Crippen LogP contribution >= 0.6 is 0 Å². The second kappa shape index (κ2) is 7.51. The van der Waals surface area contributed by atoms with Gasteiger partial charge in [0, 0.05) is 43.8 Å². The molecule has 0 saturated carbocycles. The molecule has 0 amide bonds. The van der Waals surface area contributed by atoms with Crippen molar-refractivity contribution in [3.63, 3.8) is 0 Å². The first-order valence-corrected chi connectivity index (χ1v) is 10.3. The van der Waals surface area contributed by atoms with Crippen molar-refractivity contribution in [2.75, 3.05) is 31.2 Å². The van der Waals surface area contributed by atoms with Crippen molar-refractivity contribution in [2.45, 2.75) is 32.8 Å². The average Bonchev–Trinajstić information content (AvgIpc) is 2.77. The highest BCUT2D eigenvalue weighted by atomic mass is 16.6. The summed E-state index contributed by atoms with van der Waals surface area (Å²) < 4.78 is 18.8. The summed E-state index contributed by atoms with van der Waals surface area (Å²) >= 11 is 0. The molecule has 8 heteroatoms. The highest BCUT2D eigenvalue weighted by Crippen LogP contribution is 2.34. The molecule has 8 nitrogen and oxygen atoms in total. The lowest BCUT2D eigenvalue weighted by atomic mass is 10.1. The number of aryl methyl sites for hydroxylation is 2. The topological polar surface area (TPSA) is 78.2 Å². The maximum atomic E-state index is 12.4. The fraction of sp³-hybridized carbons (Fsp3) is 0.409. The molecule has 0 radical (unpaired) electrons. The van der Waals surface area contributed by atoms with Gasteiger partial charge in [0.1, 0.15) is 25.1 Å². The van der Waals surface area contributed by atoms with Crippen molar-refractivity contribution >= 4 is 11.5 Å². The molecule has 30 heavy (non-hydrogen) atoms. The summed E-state index contributed by atoms with van der Waals surface area (Å²) in [4.78, 5) is 19.0. The van der Waals surface area contributed by atoms with Crippen LogP contribution in [0.5, 0.6) is 17.2 Å². The molecule has 0 unspecified atom stereocenters. The van der Waals surface area contributed by atoms with Crippen molar-refractivity contribution in [3.8, 4) is 17.2 Å². The van der Waals surface area contributed by atoms with E-state index in [0.29, 0.717) is 24.4 Å². The normalized spacial score (nSPS) is 16.7. The molecule has 1 aromatic carbocycles. The van der Waals surface area contributed by atoms with Gasteiger partial charge in [-0.3, -0.25) is 4.79 Å². The summed E-state index contributed by atoms with van der Waals surface area (Å²) in [5, 5.41) is 4.61. The van der Waals surface area contributed by atoms with Crippen LogP contribution in [0.1, 0.15) is 24.0 Å². The van der Waals surface area contributed by atoms with Gasteiger partial charge in [-0.05, 0) is 37.6 Å². The second-order valence-electron chi connectivity index (χ2n) is 7.78. The van der Waals surface area contributed by atoms with Crippen molar-refractivity contribution in [1.82, 2.24) is 14.6 Å². The zero-order valence-corrected chi connectivity index (χ0v) is 17.1. The van der Waals surface area contributed by atoms with E-state index in [4.69, 9.17) is 14.2 Å². The average molecular weight is 408 g/mol. The van der Waals surface area contributed by atoms with Crippen LogP contribution in [0.4, 0.5) is 5.82 Å². The lowest BCUT2D eigenvalue weighted by molar-refractivity contribution is 0.159.